The lowest BCUT2D eigenvalue weighted by Crippen LogP contribution is -2.34. The maximum Gasteiger partial charge on any atom is 0.00671 e. The highest BCUT2D eigenvalue weighted by Gasteiger charge is 2.20. The number of hydrogen-bond acceptors (Lipinski definition) is 2. The molecule has 1 saturated carbocycles. The Hall–Kier alpha value is -0.0800. The summed E-state index contributed by atoms with van der Waals surface area (Å²) in [5.41, 5.74) is 0. The molecule has 0 spiro atoms. The van der Waals surface area contributed by atoms with E-state index in [-0.39, 0.29) is 0 Å². The van der Waals surface area contributed by atoms with Crippen molar-refractivity contribution in [1.82, 2.24) is 10.2 Å². The fourth-order valence-corrected chi connectivity index (χ4v) is 3.89. The number of likely N-dealkylation sites (tertiary alicyclic amines) is 1. The summed E-state index contributed by atoms with van der Waals surface area (Å²) in [4.78, 5) is 2.48. The van der Waals surface area contributed by atoms with Crippen LogP contribution in [0.3, 0.4) is 0 Å². The van der Waals surface area contributed by atoms with Gasteiger partial charge in [-0.3, -0.25) is 0 Å². The minimum absolute atomic E-state index is 0.806. The van der Waals surface area contributed by atoms with Crippen LogP contribution in [0, 0.1) is 5.92 Å². The minimum Gasteiger partial charge on any atom is -0.314 e. The van der Waals surface area contributed by atoms with Gasteiger partial charge in [0.25, 0.3) is 0 Å². The van der Waals surface area contributed by atoms with Crippen molar-refractivity contribution in [3.8, 4) is 0 Å². The zero-order valence-corrected chi connectivity index (χ0v) is 13.7. The molecule has 0 radical (unpaired) electrons. The smallest absolute Gasteiger partial charge is 0.00671 e. The summed E-state index contributed by atoms with van der Waals surface area (Å²) in [6.07, 6.45) is 17.4. The highest BCUT2D eigenvalue weighted by atomic mass is 15.1. The molecule has 2 rings (SSSR count). The lowest BCUT2D eigenvalue weighted by Gasteiger charge is -2.21. The molecular formula is C18H36N2. The molecule has 1 unspecified atom stereocenters. The Morgan fingerprint density at radius 2 is 1.35 bits per heavy atom. The van der Waals surface area contributed by atoms with E-state index in [9.17, 15) is 0 Å². The second-order valence-electron chi connectivity index (χ2n) is 7.28. The van der Waals surface area contributed by atoms with E-state index in [1.165, 1.54) is 96.7 Å². The maximum absolute atomic E-state index is 3.91. The fraction of sp³-hybridized carbons (Fsp3) is 1.00. The van der Waals surface area contributed by atoms with Crippen molar-refractivity contribution in [3.05, 3.63) is 0 Å². The van der Waals surface area contributed by atoms with E-state index in [4.69, 9.17) is 0 Å². The van der Waals surface area contributed by atoms with Gasteiger partial charge in [-0.05, 0) is 45.3 Å². The van der Waals surface area contributed by atoms with Crippen LogP contribution >= 0.6 is 0 Å². The first-order valence-corrected chi connectivity index (χ1v) is 9.26. The highest BCUT2D eigenvalue weighted by Crippen LogP contribution is 2.18. The Bertz CT molecular complexity index is 230. The molecule has 1 heterocycles. The van der Waals surface area contributed by atoms with Gasteiger partial charge in [-0.25, -0.2) is 0 Å². The van der Waals surface area contributed by atoms with Crippen molar-refractivity contribution in [3.63, 3.8) is 0 Å². The predicted molar refractivity (Wildman–Crippen MR) is 88.2 cm³/mol. The van der Waals surface area contributed by atoms with Gasteiger partial charge in [0.1, 0.15) is 0 Å². The van der Waals surface area contributed by atoms with Gasteiger partial charge in [-0.2, -0.15) is 0 Å². The molecule has 0 aromatic heterocycles. The van der Waals surface area contributed by atoms with Crippen molar-refractivity contribution in [1.29, 1.82) is 0 Å². The molecule has 2 heteroatoms. The monoisotopic (exact) mass is 280 g/mol. The average molecular weight is 280 g/mol. The van der Waals surface area contributed by atoms with E-state index in [1.807, 2.05) is 0 Å². The summed E-state index contributed by atoms with van der Waals surface area (Å²) in [6, 6.07) is 0.806. The third kappa shape index (κ3) is 6.58. The van der Waals surface area contributed by atoms with Crippen LogP contribution < -0.4 is 5.32 Å². The summed E-state index contributed by atoms with van der Waals surface area (Å²) in [7, 11) is 2.26. The lowest BCUT2D eigenvalue weighted by molar-refractivity contribution is 0.355. The molecule has 2 aliphatic rings. The topological polar surface area (TPSA) is 15.3 Å². The van der Waals surface area contributed by atoms with Gasteiger partial charge in [-0.15, -0.1) is 0 Å². The van der Waals surface area contributed by atoms with E-state index in [0.717, 1.165) is 12.0 Å². The second-order valence-corrected chi connectivity index (χ2v) is 7.28. The molecule has 0 aromatic carbocycles. The Morgan fingerprint density at radius 3 is 1.85 bits per heavy atom. The molecule has 1 N–H and O–H groups in total. The quantitative estimate of drug-likeness (QED) is 0.833. The van der Waals surface area contributed by atoms with E-state index < -0.39 is 0 Å². The Kier molecular flexibility index (Phi) is 7.97. The minimum atomic E-state index is 0.806. The molecule has 2 nitrogen and oxygen atoms in total. The van der Waals surface area contributed by atoms with Gasteiger partial charge in [-0.1, -0.05) is 57.8 Å². The van der Waals surface area contributed by atoms with Crippen molar-refractivity contribution in [2.24, 2.45) is 5.92 Å². The van der Waals surface area contributed by atoms with Crippen LogP contribution in [-0.2, 0) is 0 Å². The van der Waals surface area contributed by atoms with E-state index in [2.05, 4.69) is 17.3 Å². The van der Waals surface area contributed by atoms with Crippen LogP contribution in [0.1, 0.15) is 77.0 Å². The second kappa shape index (κ2) is 9.78. The molecule has 0 aromatic rings. The third-order valence-electron chi connectivity index (χ3n) is 5.29. The summed E-state index contributed by atoms with van der Waals surface area (Å²) in [6.45, 7) is 3.87. The van der Waals surface area contributed by atoms with Crippen LogP contribution in [0.2, 0.25) is 0 Å². The molecule has 118 valence electrons. The number of hydrogen-bond donors (Lipinski definition) is 1. The average Bonchev–Trinajstić information content (AvgIpc) is 2.84. The maximum atomic E-state index is 3.91. The van der Waals surface area contributed by atoms with Gasteiger partial charge >= 0.3 is 0 Å². The van der Waals surface area contributed by atoms with Crippen LogP contribution in [0.25, 0.3) is 0 Å². The van der Waals surface area contributed by atoms with Crippen LogP contribution in [-0.4, -0.2) is 37.6 Å². The van der Waals surface area contributed by atoms with E-state index in [0.29, 0.717) is 0 Å². The molecular weight excluding hydrogens is 244 g/mol. The van der Waals surface area contributed by atoms with Crippen LogP contribution in [0.15, 0.2) is 0 Å². The molecule has 1 aliphatic heterocycles. The number of nitrogens with one attached hydrogen (secondary N) is 1. The normalized spacial score (nSPS) is 28.9. The summed E-state index contributed by atoms with van der Waals surface area (Å²) >= 11 is 0. The third-order valence-corrected chi connectivity index (χ3v) is 5.29. The van der Waals surface area contributed by atoms with Gasteiger partial charge in [0.2, 0.25) is 0 Å². The van der Waals surface area contributed by atoms with Crippen molar-refractivity contribution < 1.29 is 0 Å². The molecule has 20 heavy (non-hydrogen) atoms. The SMILES string of the molecule is CN1CCC(CNC2CCCCCCCCCCC2)C1. The summed E-state index contributed by atoms with van der Waals surface area (Å²) in [5.74, 6) is 0.904. The van der Waals surface area contributed by atoms with Crippen LogP contribution in [0.4, 0.5) is 0 Å². The first kappa shape index (κ1) is 16.3. The number of nitrogens with zero attached hydrogens (tertiary/aromatic N) is 1. The van der Waals surface area contributed by atoms with E-state index >= 15 is 0 Å². The molecule has 0 bridgehead atoms. The first-order valence-electron chi connectivity index (χ1n) is 9.26. The standard InChI is InChI=1S/C18H36N2/c1-20-14-13-17(16-20)15-19-18-11-9-7-5-3-2-4-6-8-10-12-18/h17-19H,2-16H2,1H3. The Labute approximate surface area is 126 Å². The summed E-state index contributed by atoms with van der Waals surface area (Å²) < 4.78 is 0. The zero-order valence-electron chi connectivity index (χ0n) is 13.7. The van der Waals surface area contributed by atoms with Gasteiger partial charge in [0, 0.05) is 12.6 Å². The fourth-order valence-electron chi connectivity index (χ4n) is 3.89. The summed E-state index contributed by atoms with van der Waals surface area (Å²) in [5, 5.41) is 3.91. The van der Waals surface area contributed by atoms with Crippen molar-refractivity contribution >= 4 is 0 Å². The molecule has 1 saturated heterocycles. The first-order chi connectivity index (χ1) is 9.84. The lowest BCUT2D eigenvalue weighted by atomic mass is 9.97. The van der Waals surface area contributed by atoms with Crippen molar-refractivity contribution in [2.75, 3.05) is 26.7 Å². The van der Waals surface area contributed by atoms with Crippen molar-refractivity contribution in [2.45, 2.75) is 83.1 Å². The largest absolute Gasteiger partial charge is 0.314 e. The number of rotatable bonds is 3. The van der Waals surface area contributed by atoms with Gasteiger partial charge < -0.3 is 10.2 Å². The Morgan fingerprint density at radius 1 is 0.800 bits per heavy atom. The van der Waals surface area contributed by atoms with E-state index in [1.54, 1.807) is 0 Å². The molecule has 0 amide bonds. The Balaban J connectivity index is 1.66. The molecule has 1 aliphatic carbocycles. The molecule has 1 atom stereocenters. The zero-order chi connectivity index (χ0) is 14.0. The predicted octanol–water partition coefficient (Wildman–Crippen LogP) is 4.20. The molecule has 2 fully saturated rings. The van der Waals surface area contributed by atoms with Gasteiger partial charge in [0.05, 0.1) is 0 Å². The van der Waals surface area contributed by atoms with Crippen LogP contribution in [0.5, 0.6) is 0 Å². The highest BCUT2D eigenvalue weighted by molar-refractivity contribution is 4.77. The van der Waals surface area contributed by atoms with Gasteiger partial charge in [0.15, 0.2) is 0 Å².